The lowest BCUT2D eigenvalue weighted by Crippen LogP contribution is -2.67. The predicted molar refractivity (Wildman–Crippen MR) is 113 cm³/mol. The van der Waals surface area contributed by atoms with Crippen LogP contribution in [0.15, 0.2) is 23.8 Å². The number of carbonyl (C=O) groups excluding carboxylic acids is 1. The smallest absolute Gasteiger partial charge is 0.338 e. The van der Waals surface area contributed by atoms with E-state index in [0.29, 0.717) is 38.4 Å². The molecule has 172 valence electrons. The molecule has 7 atom stereocenters. The topological polar surface area (TPSA) is 91.8 Å². The Bertz CT molecular complexity index is 785. The number of cyclic esters (lactones) is 1. The summed E-state index contributed by atoms with van der Waals surface area (Å²) in [6, 6.07) is 0.199. The number of aliphatic hydroxyl groups excluding tert-OH is 2. The fraction of sp³-hybridized carbons (Fsp3) is 0.792. The first kappa shape index (κ1) is 21.6. The van der Waals surface area contributed by atoms with Gasteiger partial charge in [-0.25, -0.2) is 4.79 Å². The zero-order valence-corrected chi connectivity index (χ0v) is 18.6. The highest BCUT2D eigenvalue weighted by molar-refractivity contribution is 5.93. The van der Waals surface area contributed by atoms with Gasteiger partial charge >= 0.3 is 5.97 Å². The SMILES string of the molecule is C[C@]12CC[C@@H](O)[C@@](C)(CO)C1CC(N1CCOCC1)C1(CO1)C2C=CC1=CCOC1=O. The number of esters is 1. The standard InChI is InChI=1S/C24H35NO6/c1-22-7-5-20(27)23(2,14-26)18(22)13-19(25-8-11-29-12-9-25)24(15-31-24)17(22)4-3-16-6-10-30-21(16)28/h3-4,6,17-20,26-27H,5,7-15H2,1-2H3/t17?,18?,19?,20-,22-,23+,24?/m1/s1. The van der Waals surface area contributed by atoms with Crippen molar-refractivity contribution in [2.45, 2.75) is 50.9 Å². The Hall–Kier alpha value is -1.25. The summed E-state index contributed by atoms with van der Waals surface area (Å²) in [6.45, 7) is 8.50. The maximum Gasteiger partial charge on any atom is 0.338 e. The van der Waals surface area contributed by atoms with Crippen LogP contribution < -0.4 is 0 Å². The van der Waals surface area contributed by atoms with E-state index in [9.17, 15) is 15.0 Å². The number of nitrogens with zero attached hydrogens (tertiary/aromatic N) is 1. The van der Waals surface area contributed by atoms with Crippen LogP contribution in [-0.2, 0) is 19.0 Å². The van der Waals surface area contributed by atoms with E-state index in [-0.39, 0.29) is 41.5 Å². The van der Waals surface area contributed by atoms with E-state index in [1.165, 1.54) is 0 Å². The molecule has 4 unspecified atom stereocenters. The van der Waals surface area contributed by atoms with Gasteiger partial charge in [-0.2, -0.15) is 0 Å². The summed E-state index contributed by atoms with van der Waals surface area (Å²) in [4.78, 5) is 14.5. The Labute approximate surface area is 184 Å². The van der Waals surface area contributed by atoms with Gasteiger partial charge in [0.05, 0.1) is 38.1 Å². The second kappa shape index (κ2) is 7.66. The minimum atomic E-state index is -0.564. The number of morpholine rings is 1. The van der Waals surface area contributed by atoms with Crippen molar-refractivity contribution in [2.24, 2.45) is 22.7 Å². The van der Waals surface area contributed by atoms with Crippen LogP contribution in [0.5, 0.6) is 0 Å². The number of ether oxygens (including phenoxy) is 3. The summed E-state index contributed by atoms with van der Waals surface area (Å²) < 4.78 is 17.0. The van der Waals surface area contributed by atoms with Crippen molar-refractivity contribution < 1.29 is 29.2 Å². The Kier molecular flexibility index (Phi) is 5.34. The molecule has 2 saturated carbocycles. The average Bonchev–Trinajstić information content (AvgIpc) is 3.45. The second-order valence-electron chi connectivity index (χ2n) is 10.5. The quantitative estimate of drug-likeness (QED) is 0.510. The molecule has 0 aromatic heterocycles. The predicted octanol–water partition coefficient (Wildman–Crippen LogP) is 1.29. The van der Waals surface area contributed by atoms with Gasteiger partial charge in [-0.05, 0) is 36.7 Å². The van der Waals surface area contributed by atoms with Crippen molar-refractivity contribution in [3.05, 3.63) is 23.8 Å². The lowest BCUT2D eigenvalue weighted by atomic mass is 9.44. The number of fused-ring (bicyclic) bond motifs is 1. The van der Waals surface area contributed by atoms with E-state index in [1.54, 1.807) is 0 Å². The van der Waals surface area contributed by atoms with Crippen LogP contribution in [0.25, 0.3) is 0 Å². The fourth-order valence-corrected chi connectivity index (χ4v) is 7.15. The molecule has 2 aliphatic carbocycles. The van der Waals surface area contributed by atoms with E-state index in [4.69, 9.17) is 14.2 Å². The summed E-state index contributed by atoms with van der Waals surface area (Å²) >= 11 is 0. The molecule has 2 saturated heterocycles. The first-order chi connectivity index (χ1) is 14.8. The molecule has 0 bridgehead atoms. The van der Waals surface area contributed by atoms with E-state index >= 15 is 0 Å². The van der Waals surface area contributed by atoms with Crippen molar-refractivity contribution >= 4 is 5.97 Å². The maximum absolute atomic E-state index is 12.0. The van der Waals surface area contributed by atoms with Crippen molar-refractivity contribution in [3.63, 3.8) is 0 Å². The van der Waals surface area contributed by atoms with Crippen LogP contribution in [0.4, 0.5) is 0 Å². The van der Waals surface area contributed by atoms with Crippen molar-refractivity contribution in [1.82, 2.24) is 4.90 Å². The zero-order chi connectivity index (χ0) is 21.9. The van der Waals surface area contributed by atoms with Gasteiger partial charge in [0.15, 0.2) is 0 Å². The molecule has 5 rings (SSSR count). The molecule has 0 aromatic rings. The van der Waals surface area contributed by atoms with Crippen LogP contribution in [-0.4, -0.2) is 85.0 Å². The Morgan fingerprint density at radius 2 is 2.03 bits per heavy atom. The zero-order valence-electron chi connectivity index (χ0n) is 18.6. The number of hydrogen-bond acceptors (Lipinski definition) is 7. The Morgan fingerprint density at radius 3 is 2.65 bits per heavy atom. The Balaban J connectivity index is 1.56. The van der Waals surface area contributed by atoms with Gasteiger partial charge in [0.2, 0.25) is 0 Å². The molecule has 0 amide bonds. The van der Waals surface area contributed by atoms with E-state index in [1.807, 2.05) is 19.1 Å². The summed E-state index contributed by atoms with van der Waals surface area (Å²) in [5.41, 5.74) is -0.396. The summed E-state index contributed by atoms with van der Waals surface area (Å²) in [7, 11) is 0. The molecule has 7 nitrogen and oxygen atoms in total. The van der Waals surface area contributed by atoms with Gasteiger partial charge in [0, 0.05) is 30.5 Å². The molecule has 31 heavy (non-hydrogen) atoms. The van der Waals surface area contributed by atoms with Gasteiger partial charge in [-0.1, -0.05) is 26.0 Å². The number of hydrogen-bond donors (Lipinski definition) is 2. The summed E-state index contributed by atoms with van der Waals surface area (Å²) in [6.07, 6.45) is 7.80. The molecule has 3 aliphatic heterocycles. The average molecular weight is 434 g/mol. The highest BCUT2D eigenvalue weighted by Crippen LogP contribution is 2.66. The van der Waals surface area contributed by atoms with Gasteiger partial charge in [-0.3, -0.25) is 4.90 Å². The Morgan fingerprint density at radius 1 is 1.29 bits per heavy atom. The third-order valence-electron chi connectivity index (χ3n) is 9.10. The third kappa shape index (κ3) is 3.23. The summed E-state index contributed by atoms with van der Waals surface area (Å²) in [5.74, 6) is -0.0571. The molecule has 4 fully saturated rings. The number of epoxide rings is 1. The van der Waals surface area contributed by atoms with E-state index in [0.717, 1.165) is 25.9 Å². The summed E-state index contributed by atoms with van der Waals surface area (Å²) in [5, 5.41) is 21.4. The lowest BCUT2D eigenvalue weighted by Gasteiger charge is -2.63. The molecular formula is C24H35NO6. The fourth-order valence-electron chi connectivity index (χ4n) is 7.15. The van der Waals surface area contributed by atoms with Crippen LogP contribution in [0.3, 0.4) is 0 Å². The number of rotatable bonds is 4. The highest BCUT2D eigenvalue weighted by atomic mass is 16.6. The third-order valence-corrected chi connectivity index (χ3v) is 9.10. The van der Waals surface area contributed by atoms with E-state index in [2.05, 4.69) is 17.9 Å². The largest absolute Gasteiger partial charge is 0.458 e. The monoisotopic (exact) mass is 433 g/mol. The van der Waals surface area contributed by atoms with Crippen molar-refractivity contribution in [3.8, 4) is 0 Å². The molecule has 5 aliphatic rings. The molecule has 2 N–H and O–H groups in total. The molecule has 7 heteroatoms. The number of carbonyl (C=O) groups is 1. The highest BCUT2D eigenvalue weighted by Gasteiger charge is 2.71. The van der Waals surface area contributed by atoms with Gasteiger partial charge < -0.3 is 24.4 Å². The normalized spacial score (nSPS) is 48.0. The van der Waals surface area contributed by atoms with Gasteiger partial charge in [0.1, 0.15) is 12.2 Å². The van der Waals surface area contributed by atoms with Crippen LogP contribution in [0.2, 0.25) is 0 Å². The van der Waals surface area contributed by atoms with E-state index < -0.39 is 11.5 Å². The first-order valence-corrected chi connectivity index (χ1v) is 11.7. The maximum atomic E-state index is 12.0. The lowest BCUT2D eigenvalue weighted by molar-refractivity contribution is -0.186. The first-order valence-electron chi connectivity index (χ1n) is 11.7. The van der Waals surface area contributed by atoms with Gasteiger partial charge in [-0.15, -0.1) is 0 Å². The molecule has 0 radical (unpaired) electrons. The van der Waals surface area contributed by atoms with Crippen LogP contribution >= 0.6 is 0 Å². The van der Waals surface area contributed by atoms with Crippen LogP contribution in [0, 0.1) is 22.7 Å². The molecule has 1 spiro atoms. The number of aliphatic hydroxyl groups is 2. The second-order valence-corrected chi connectivity index (χ2v) is 10.5. The van der Waals surface area contributed by atoms with Crippen molar-refractivity contribution in [2.75, 3.05) is 46.1 Å². The van der Waals surface area contributed by atoms with Crippen molar-refractivity contribution in [1.29, 1.82) is 0 Å². The van der Waals surface area contributed by atoms with Crippen LogP contribution in [0.1, 0.15) is 33.1 Å². The molecule has 3 heterocycles. The molecule has 0 aromatic carbocycles. The minimum Gasteiger partial charge on any atom is -0.458 e. The van der Waals surface area contributed by atoms with Gasteiger partial charge in [0.25, 0.3) is 0 Å². The minimum absolute atomic E-state index is 0.0357. The molecular weight excluding hydrogens is 398 g/mol.